The highest BCUT2D eigenvalue weighted by Gasteiger charge is 2.33. The highest BCUT2D eigenvalue weighted by molar-refractivity contribution is 7.80. The Kier molecular flexibility index (Phi) is 6.47. The molecule has 1 aliphatic rings. The summed E-state index contributed by atoms with van der Waals surface area (Å²) in [6, 6.07) is 17.0. The van der Waals surface area contributed by atoms with Gasteiger partial charge in [-0.2, -0.15) is 0 Å². The summed E-state index contributed by atoms with van der Waals surface area (Å²) in [6.07, 6.45) is 0.943. The molecule has 1 heterocycles. The molecule has 0 aromatic heterocycles. The van der Waals surface area contributed by atoms with E-state index in [1.54, 1.807) is 0 Å². The standard InChI is InChI=1S/C23H26N2O2S/c1-4-14-27-19-13-9-12-18(15-19)21-20(16(3)25(5-2)23(28)24-21)22(26)17-10-7-6-8-11-17/h6-13,15,21H,4-5,14H2,1-3H3,(H,24,28). The Morgan fingerprint density at radius 3 is 2.57 bits per heavy atom. The first-order valence-corrected chi connectivity index (χ1v) is 10.1. The minimum Gasteiger partial charge on any atom is -0.494 e. The molecule has 1 aliphatic heterocycles. The molecule has 0 saturated heterocycles. The number of carbonyl (C=O) groups is 1. The molecule has 1 N–H and O–H groups in total. The van der Waals surface area contributed by atoms with E-state index in [-0.39, 0.29) is 11.8 Å². The lowest BCUT2D eigenvalue weighted by molar-refractivity contribution is 0.102. The van der Waals surface area contributed by atoms with Crippen LogP contribution in [-0.4, -0.2) is 28.9 Å². The molecule has 0 aliphatic carbocycles. The number of ether oxygens (including phenoxy) is 1. The van der Waals surface area contributed by atoms with Crippen LogP contribution in [0.15, 0.2) is 65.9 Å². The van der Waals surface area contributed by atoms with E-state index in [0.29, 0.717) is 29.4 Å². The van der Waals surface area contributed by atoms with Crippen LogP contribution in [0.3, 0.4) is 0 Å². The van der Waals surface area contributed by atoms with Crippen LogP contribution in [0.1, 0.15) is 49.2 Å². The summed E-state index contributed by atoms with van der Waals surface area (Å²) in [6.45, 7) is 7.44. The SMILES string of the molecule is CCCOc1cccc(C2NC(=S)N(CC)C(C)=C2C(=O)c2ccccc2)c1. The van der Waals surface area contributed by atoms with E-state index in [4.69, 9.17) is 17.0 Å². The Morgan fingerprint density at radius 1 is 1.14 bits per heavy atom. The van der Waals surface area contributed by atoms with Gasteiger partial charge in [0.1, 0.15) is 5.75 Å². The lowest BCUT2D eigenvalue weighted by atomic mass is 9.89. The molecule has 3 rings (SSSR count). The van der Waals surface area contributed by atoms with E-state index >= 15 is 0 Å². The van der Waals surface area contributed by atoms with E-state index < -0.39 is 0 Å². The van der Waals surface area contributed by atoms with Gasteiger partial charge < -0.3 is 15.0 Å². The fourth-order valence-electron chi connectivity index (χ4n) is 3.46. The van der Waals surface area contributed by atoms with Crippen molar-refractivity contribution in [3.05, 3.63) is 77.0 Å². The molecule has 0 spiro atoms. The smallest absolute Gasteiger partial charge is 0.193 e. The van der Waals surface area contributed by atoms with Gasteiger partial charge >= 0.3 is 0 Å². The van der Waals surface area contributed by atoms with Crippen molar-refractivity contribution in [2.24, 2.45) is 0 Å². The summed E-state index contributed by atoms with van der Waals surface area (Å²) in [5.74, 6) is 0.811. The Hall–Kier alpha value is -2.66. The van der Waals surface area contributed by atoms with Gasteiger partial charge in [-0.25, -0.2) is 0 Å². The van der Waals surface area contributed by atoms with Gasteiger partial charge in [0.25, 0.3) is 0 Å². The Morgan fingerprint density at radius 2 is 1.89 bits per heavy atom. The van der Waals surface area contributed by atoms with Gasteiger partial charge in [0.05, 0.1) is 12.6 Å². The summed E-state index contributed by atoms with van der Waals surface area (Å²) in [5.41, 5.74) is 3.25. The molecule has 0 amide bonds. The molecule has 4 nitrogen and oxygen atoms in total. The molecule has 2 aromatic rings. The summed E-state index contributed by atoms with van der Waals surface area (Å²) in [4.78, 5) is 15.4. The van der Waals surface area contributed by atoms with Crippen molar-refractivity contribution in [3.63, 3.8) is 0 Å². The monoisotopic (exact) mass is 394 g/mol. The zero-order valence-electron chi connectivity index (χ0n) is 16.6. The second-order valence-electron chi connectivity index (χ2n) is 6.74. The summed E-state index contributed by atoms with van der Waals surface area (Å²) in [7, 11) is 0. The van der Waals surface area contributed by atoms with Crippen molar-refractivity contribution in [1.29, 1.82) is 0 Å². The van der Waals surface area contributed by atoms with Crippen molar-refractivity contribution >= 4 is 23.1 Å². The van der Waals surface area contributed by atoms with Crippen LogP contribution in [0.4, 0.5) is 0 Å². The van der Waals surface area contributed by atoms with Crippen LogP contribution in [0, 0.1) is 0 Å². The van der Waals surface area contributed by atoms with Gasteiger partial charge in [-0.05, 0) is 50.2 Å². The number of carbonyl (C=O) groups excluding carboxylic acids is 1. The average molecular weight is 395 g/mol. The van der Waals surface area contributed by atoms with E-state index in [0.717, 1.165) is 23.4 Å². The summed E-state index contributed by atoms with van der Waals surface area (Å²) >= 11 is 5.58. The van der Waals surface area contributed by atoms with E-state index in [1.165, 1.54) is 0 Å². The molecule has 1 unspecified atom stereocenters. The van der Waals surface area contributed by atoms with Crippen molar-refractivity contribution in [2.45, 2.75) is 33.2 Å². The summed E-state index contributed by atoms with van der Waals surface area (Å²) in [5, 5.41) is 4.01. The van der Waals surface area contributed by atoms with Crippen LogP contribution in [-0.2, 0) is 0 Å². The largest absolute Gasteiger partial charge is 0.494 e. The van der Waals surface area contributed by atoms with Gasteiger partial charge in [0, 0.05) is 23.4 Å². The maximum atomic E-state index is 13.4. The van der Waals surface area contributed by atoms with Gasteiger partial charge in [-0.1, -0.05) is 49.4 Å². The fraction of sp³-hybridized carbons (Fsp3) is 0.304. The van der Waals surface area contributed by atoms with Gasteiger partial charge in [-0.15, -0.1) is 0 Å². The van der Waals surface area contributed by atoms with Crippen LogP contribution in [0.5, 0.6) is 5.75 Å². The number of hydrogen-bond donors (Lipinski definition) is 1. The Balaban J connectivity index is 2.06. The predicted molar refractivity (Wildman–Crippen MR) is 117 cm³/mol. The van der Waals surface area contributed by atoms with Gasteiger partial charge in [0.2, 0.25) is 0 Å². The normalized spacial score (nSPS) is 16.8. The molecule has 146 valence electrons. The van der Waals surface area contributed by atoms with Crippen LogP contribution >= 0.6 is 12.2 Å². The fourth-order valence-corrected chi connectivity index (χ4v) is 3.84. The van der Waals surface area contributed by atoms with Crippen molar-refractivity contribution in [2.75, 3.05) is 13.2 Å². The number of Topliss-reactive ketones (excluding diaryl/α,β-unsaturated/α-hetero) is 1. The third-order valence-corrected chi connectivity index (χ3v) is 5.20. The quantitative estimate of drug-likeness (QED) is 0.535. The Bertz CT molecular complexity index is 892. The van der Waals surface area contributed by atoms with E-state index in [9.17, 15) is 4.79 Å². The van der Waals surface area contributed by atoms with Crippen molar-refractivity contribution in [1.82, 2.24) is 10.2 Å². The van der Waals surface area contributed by atoms with Crippen LogP contribution in [0.25, 0.3) is 0 Å². The number of nitrogens with one attached hydrogen (secondary N) is 1. The third kappa shape index (κ3) is 4.09. The average Bonchev–Trinajstić information content (AvgIpc) is 2.72. The lowest BCUT2D eigenvalue weighted by Gasteiger charge is -2.37. The Labute approximate surface area is 172 Å². The van der Waals surface area contributed by atoms with Crippen molar-refractivity contribution < 1.29 is 9.53 Å². The maximum Gasteiger partial charge on any atom is 0.193 e. The number of hydrogen-bond acceptors (Lipinski definition) is 3. The molecular weight excluding hydrogens is 368 g/mol. The number of rotatable bonds is 7. The van der Waals surface area contributed by atoms with E-state index in [2.05, 4.69) is 12.2 Å². The second kappa shape index (κ2) is 9.02. The molecule has 0 bridgehead atoms. The topological polar surface area (TPSA) is 41.6 Å². The minimum absolute atomic E-state index is 0.0106. The zero-order valence-corrected chi connectivity index (χ0v) is 17.4. The molecule has 28 heavy (non-hydrogen) atoms. The highest BCUT2D eigenvalue weighted by Crippen LogP contribution is 2.34. The third-order valence-electron chi connectivity index (χ3n) is 4.86. The number of allylic oxidation sites excluding steroid dienone is 1. The number of thiocarbonyl (C=S) groups is 1. The van der Waals surface area contributed by atoms with Crippen LogP contribution < -0.4 is 10.1 Å². The van der Waals surface area contributed by atoms with Crippen LogP contribution in [0.2, 0.25) is 0 Å². The summed E-state index contributed by atoms with van der Waals surface area (Å²) < 4.78 is 5.79. The van der Waals surface area contributed by atoms with Gasteiger partial charge in [0.15, 0.2) is 10.9 Å². The number of benzene rings is 2. The number of nitrogens with zero attached hydrogens (tertiary/aromatic N) is 1. The molecule has 2 aromatic carbocycles. The molecule has 1 atom stereocenters. The van der Waals surface area contributed by atoms with Gasteiger partial charge in [-0.3, -0.25) is 4.79 Å². The zero-order chi connectivity index (χ0) is 20.1. The lowest BCUT2D eigenvalue weighted by Crippen LogP contribution is -2.47. The molecule has 0 fully saturated rings. The predicted octanol–water partition coefficient (Wildman–Crippen LogP) is 4.88. The minimum atomic E-state index is -0.312. The molecule has 5 heteroatoms. The first kappa shape index (κ1) is 20.1. The first-order valence-electron chi connectivity index (χ1n) is 9.68. The highest BCUT2D eigenvalue weighted by atomic mass is 32.1. The molecule has 0 saturated carbocycles. The number of ketones is 1. The maximum absolute atomic E-state index is 13.4. The van der Waals surface area contributed by atoms with Crippen molar-refractivity contribution in [3.8, 4) is 5.75 Å². The van der Waals surface area contributed by atoms with E-state index in [1.807, 2.05) is 73.3 Å². The molecular formula is C23H26N2O2S. The second-order valence-corrected chi connectivity index (χ2v) is 7.13. The first-order chi connectivity index (χ1) is 13.6. The molecule has 0 radical (unpaired) electrons.